The standard InChI is InChI=1S/C17H12N.C9H13.2ClH.Zr/c1-2-7-15-12-16(11-14(15)6-1)18-10-9-13-5-3-4-8-17(13)18;1-2-3-6-9-7-4-5-8-9;;;/h1-12H;4,7H,2-3,5-6H2,1H3;2*1H;/q;;;;+2/p-2. The number of hydrogen-bond donors (Lipinski definition) is 0. The summed E-state index contributed by atoms with van der Waals surface area (Å²) < 4.78 is 4.86. The molecule has 0 spiro atoms. The SMILES string of the molecule is CCCCC1=[C]([Zr+2][CH]2C(n3ccc4ccccc43)=Cc3ccccc32)CC=C1.[Cl-].[Cl-]. The molecular formula is C26H25Cl2NZr. The van der Waals surface area contributed by atoms with Crippen molar-refractivity contribution in [2.45, 2.75) is 36.2 Å². The molecule has 3 aromatic rings. The zero-order valence-electron chi connectivity index (χ0n) is 17.1. The minimum absolute atomic E-state index is 0. The molecule has 1 unspecified atom stereocenters. The summed E-state index contributed by atoms with van der Waals surface area (Å²) in [7, 11) is 0. The molecule has 0 saturated carbocycles. The quantitative estimate of drug-likeness (QED) is 0.467. The molecule has 1 nitrogen and oxygen atoms in total. The number of hydrogen-bond acceptors (Lipinski definition) is 0. The van der Waals surface area contributed by atoms with Gasteiger partial charge in [0.05, 0.1) is 0 Å². The van der Waals surface area contributed by atoms with Crippen molar-refractivity contribution in [3.63, 3.8) is 0 Å². The van der Waals surface area contributed by atoms with Crippen LogP contribution in [0.15, 0.2) is 81.8 Å². The van der Waals surface area contributed by atoms with E-state index in [1.165, 1.54) is 47.8 Å². The molecule has 0 amide bonds. The number of para-hydroxylation sites is 1. The van der Waals surface area contributed by atoms with Gasteiger partial charge in [0, 0.05) is 0 Å². The number of halogens is 2. The number of rotatable bonds is 6. The Labute approximate surface area is 203 Å². The van der Waals surface area contributed by atoms with Gasteiger partial charge in [0.15, 0.2) is 0 Å². The van der Waals surface area contributed by atoms with E-state index < -0.39 is 23.2 Å². The summed E-state index contributed by atoms with van der Waals surface area (Å²) in [6.45, 7) is 2.30. The van der Waals surface area contributed by atoms with Crippen LogP contribution < -0.4 is 24.8 Å². The molecule has 2 aliphatic carbocycles. The summed E-state index contributed by atoms with van der Waals surface area (Å²) in [5, 5.41) is 1.33. The van der Waals surface area contributed by atoms with Gasteiger partial charge in [0.25, 0.3) is 0 Å². The molecule has 5 rings (SSSR count). The molecule has 0 aliphatic heterocycles. The Bertz CT molecular complexity index is 1120. The predicted molar refractivity (Wildman–Crippen MR) is 116 cm³/mol. The Hall–Kier alpha value is -1.34. The zero-order chi connectivity index (χ0) is 18.9. The topological polar surface area (TPSA) is 4.93 Å². The minimum atomic E-state index is -0.776. The van der Waals surface area contributed by atoms with Gasteiger partial charge < -0.3 is 24.8 Å². The van der Waals surface area contributed by atoms with Crippen molar-refractivity contribution in [1.82, 2.24) is 4.57 Å². The van der Waals surface area contributed by atoms with Gasteiger partial charge in [-0.1, -0.05) is 0 Å². The summed E-state index contributed by atoms with van der Waals surface area (Å²) in [4.78, 5) is 0. The number of aromatic nitrogens is 1. The van der Waals surface area contributed by atoms with Gasteiger partial charge in [0.2, 0.25) is 0 Å². The number of allylic oxidation sites excluding steroid dienone is 5. The third-order valence-electron chi connectivity index (χ3n) is 5.93. The Kier molecular flexibility index (Phi) is 8.02. The van der Waals surface area contributed by atoms with Gasteiger partial charge in [-0.25, -0.2) is 0 Å². The second-order valence-electron chi connectivity index (χ2n) is 7.73. The Morgan fingerprint density at radius 1 is 1.00 bits per heavy atom. The van der Waals surface area contributed by atoms with Crippen LogP contribution in [0, 0.1) is 0 Å². The Balaban J connectivity index is 0.00000128. The molecule has 0 fully saturated rings. The van der Waals surface area contributed by atoms with E-state index in [0.717, 1.165) is 0 Å². The van der Waals surface area contributed by atoms with Gasteiger partial charge in [-0.3, -0.25) is 0 Å². The minimum Gasteiger partial charge on any atom is -1.00 e. The largest absolute Gasteiger partial charge is 1.00 e. The third-order valence-corrected chi connectivity index (χ3v) is 10.3. The zero-order valence-corrected chi connectivity index (χ0v) is 21.1. The van der Waals surface area contributed by atoms with Crippen molar-refractivity contribution in [1.29, 1.82) is 0 Å². The first-order valence-corrected chi connectivity index (χ1v) is 13.0. The van der Waals surface area contributed by atoms with Crippen LogP contribution in [0.5, 0.6) is 0 Å². The van der Waals surface area contributed by atoms with Crippen LogP contribution in [0.25, 0.3) is 22.7 Å². The van der Waals surface area contributed by atoms with Crippen LogP contribution in [0.4, 0.5) is 0 Å². The number of benzene rings is 2. The van der Waals surface area contributed by atoms with Gasteiger partial charge in [-0.05, 0) is 0 Å². The monoisotopic (exact) mass is 511 g/mol. The smallest absolute Gasteiger partial charge is 1.00 e. The molecule has 1 heterocycles. The first-order valence-electron chi connectivity index (χ1n) is 10.4. The van der Waals surface area contributed by atoms with E-state index in [4.69, 9.17) is 0 Å². The number of unbranched alkanes of at least 4 members (excludes halogenated alkanes) is 1. The second-order valence-corrected chi connectivity index (χ2v) is 11.3. The normalized spacial score (nSPS) is 16.7. The molecular weight excluding hydrogens is 488 g/mol. The van der Waals surface area contributed by atoms with Crippen LogP contribution in [-0.2, 0) is 23.2 Å². The molecule has 0 bridgehead atoms. The van der Waals surface area contributed by atoms with Crippen molar-refractivity contribution >= 4 is 22.7 Å². The van der Waals surface area contributed by atoms with Gasteiger partial charge in [0.1, 0.15) is 0 Å². The van der Waals surface area contributed by atoms with Crippen molar-refractivity contribution in [2.75, 3.05) is 0 Å². The van der Waals surface area contributed by atoms with E-state index in [1.807, 2.05) is 0 Å². The number of fused-ring (bicyclic) bond motifs is 2. The first kappa shape index (κ1) is 23.3. The fourth-order valence-electron chi connectivity index (χ4n) is 4.45. The molecule has 30 heavy (non-hydrogen) atoms. The molecule has 0 radical (unpaired) electrons. The molecule has 0 N–H and O–H groups in total. The van der Waals surface area contributed by atoms with E-state index in [0.29, 0.717) is 3.63 Å². The van der Waals surface area contributed by atoms with E-state index >= 15 is 0 Å². The summed E-state index contributed by atoms with van der Waals surface area (Å²) in [5.74, 6) is 0. The van der Waals surface area contributed by atoms with Crippen LogP contribution in [0.3, 0.4) is 0 Å². The van der Waals surface area contributed by atoms with Crippen LogP contribution >= 0.6 is 0 Å². The molecule has 2 aliphatic rings. The Morgan fingerprint density at radius 3 is 2.67 bits per heavy atom. The fraction of sp³-hybridized carbons (Fsp3) is 0.231. The van der Waals surface area contributed by atoms with Crippen molar-refractivity contribution in [3.05, 3.63) is 92.9 Å². The average Bonchev–Trinajstić information content (AvgIpc) is 3.44. The molecule has 2 aromatic carbocycles. The maximum absolute atomic E-state index is 2.45. The molecule has 152 valence electrons. The fourth-order valence-corrected chi connectivity index (χ4v) is 8.80. The molecule has 0 saturated heterocycles. The van der Waals surface area contributed by atoms with E-state index in [1.54, 1.807) is 14.4 Å². The third kappa shape index (κ3) is 4.33. The van der Waals surface area contributed by atoms with E-state index in [2.05, 4.69) is 90.5 Å². The van der Waals surface area contributed by atoms with E-state index in [-0.39, 0.29) is 24.8 Å². The maximum Gasteiger partial charge on any atom is -1.00 e. The summed E-state index contributed by atoms with van der Waals surface area (Å²) in [6.07, 6.45) is 14.6. The maximum atomic E-state index is 2.45. The summed E-state index contributed by atoms with van der Waals surface area (Å²) >= 11 is -0.776. The summed E-state index contributed by atoms with van der Waals surface area (Å²) in [6, 6.07) is 20.1. The van der Waals surface area contributed by atoms with Crippen molar-refractivity contribution < 1.29 is 48.0 Å². The van der Waals surface area contributed by atoms with Gasteiger partial charge >= 0.3 is 180 Å². The van der Waals surface area contributed by atoms with Crippen LogP contribution in [-0.4, -0.2) is 4.57 Å². The average molecular weight is 514 g/mol. The van der Waals surface area contributed by atoms with E-state index in [9.17, 15) is 0 Å². The van der Waals surface area contributed by atoms with Crippen LogP contribution in [0.2, 0.25) is 0 Å². The van der Waals surface area contributed by atoms with Crippen molar-refractivity contribution in [2.24, 2.45) is 0 Å². The van der Waals surface area contributed by atoms with Gasteiger partial charge in [-0.2, -0.15) is 0 Å². The molecule has 1 atom stereocenters. The number of nitrogens with zero attached hydrogens (tertiary/aromatic N) is 1. The van der Waals surface area contributed by atoms with Crippen molar-refractivity contribution in [3.8, 4) is 0 Å². The molecule has 1 aromatic heterocycles. The van der Waals surface area contributed by atoms with Crippen LogP contribution in [0.1, 0.15) is 47.4 Å². The Morgan fingerprint density at radius 2 is 1.80 bits per heavy atom. The predicted octanol–water partition coefficient (Wildman–Crippen LogP) is 1.19. The molecule has 4 heteroatoms. The second kappa shape index (κ2) is 10.3. The van der Waals surface area contributed by atoms with Gasteiger partial charge in [-0.15, -0.1) is 0 Å². The summed E-state index contributed by atoms with van der Waals surface area (Å²) in [5.41, 5.74) is 7.45. The first-order chi connectivity index (χ1) is 13.8.